The summed E-state index contributed by atoms with van der Waals surface area (Å²) >= 11 is 12.6. The van der Waals surface area contributed by atoms with Crippen LogP contribution in [0.15, 0.2) is 36.4 Å². The average molecular weight is 388 g/mol. The first-order valence-electron chi connectivity index (χ1n) is 9.08. The third-order valence-electron chi connectivity index (χ3n) is 6.33. The van der Waals surface area contributed by atoms with Gasteiger partial charge >= 0.3 is 0 Å². The Morgan fingerprint density at radius 2 is 1.54 bits per heavy atom. The highest BCUT2D eigenvalue weighted by molar-refractivity contribution is 6.31. The predicted molar refractivity (Wildman–Crippen MR) is 102 cm³/mol. The maximum absolute atomic E-state index is 13.8. The van der Waals surface area contributed by atoms with Crippen LogP contribution < -0.4 is 0 Å². The molecule has 0 aromatic heterocycles. The van der Waals surface area contributed by atoms with E-state index in [9.17, 15) is 9.90 Å². The minimum atomic E-state index is -0.701. The molecule has 1 N–H and O–H groups in total. The van der Waals surface area contributed by atoms with Crippen LogP contribution in [0.25, 0.3) is 0 Å². The summed E-state index contributed by atoms with van der Waals surface area (Å²) in [7, 11) is 0. The Morgan fingerprint density at radius 1 is 1.00 bits per heavy atom. The van der Waals surface area contributed by atoms with Crippen molar-refractivity contribution in [2.24, 2.45) is 0 Å². The standard InChI is InChI=1S/C21H19Cl2NO2/c22-12-1-3-15-17-11-21(18(15)9-12,19-10-13(23)2-4-16(17)19)20(26)24-7-5-14(25)6-8-24/h1-4,9-10,14,17,25H,5-8,11H2. The van der Waals surface area contributed by atoms with E-state index in [1.165, 1.54) is 11.1 Å². The van der Waals surface area contributed by atoms with Gasteiger partial charge in [0.15, 0.2) is 0 Å². The summed E-state index contributed by atoms with van der Waals surface area (Å²) in [6.07, 6.45) is 1.71. The van der Waals surface area contributed by atoms with E-state index >= 15 is 0 Å². The molecule has 2 bridgehead atoms. The number of aliphatic hydroxyl groups is 1. The molecule has 1 saturated heterocycles. The molecule has 3 nitrogen and oxygen atoms in total. The highest BCUT2D eigenvalue weighted by atomic mass is 35.5. The van der Waals surface area contributed by atoms with Crippen LogP contribution in [-0.2, 0) is 10.2 Å². The molecule has 26 heavy (non-hydrogen) atoms. The normalized spacial score (nSPS) is 26.7. The molecule has 5 heteroatoms. The number of fused-ring (bicyclic) bond motifs is 8. The van der Waals surface area contributed by atoms with E-state index in [2.05, 4.69) is 12.1 Å². The Kier molecular flexibility index (Phi) is 3.66. The predicted octanol–water partition coefficient (Wildman–Crippen LogP) is 4.11. The fourth-order valence-electron chi connectivity index (χ4n) is 5.12. The van der Waals surface area contributed by atoms with Crippen LogP contribution in [0.2, 0.25) is 10.0 Å². The molecule has 1 heterocycles. The van der Waals surface area contributed by atoms with Gasteiger partial charge in [0.05, 0.1) is 6.10 Å². The third kappa shape index (κ3) is 2.14. The van der Waals surface area contributed by atoms with Crippen LogP contribution in [-0.4, -0.2) is 35.1 Å². The van der Waals surface area contributed by atoms with E-state index in [1.54, 1.807) is 0 Å². The second-order valence-corrected chi connectivity index (χ2v) is 8.52. The second-order valence-electron chi connectivity index (χ2n) is 7.65. The Balaban J connectivity index is 1.69. The first kappa shape index (κ1) is 16.6. The van der Waals surface area contributed by atoms with Gasteiger partial charge < -0.3 is 10.0 Å². The molecule has 0 atom stereocenters. The molecule has 0 saturated carbocycles. The monoisotopic (exact) mass is 387 g/mol. The average Bonchev–Trinajstić information content (AvgIpc) is 3.14. The molecule has 2 aliphatic carbocycles. The Morgan fingerprint density at radius 3 is 2.08 bits per heavy atom. The van der Waals surface area contributed by atoms with Gasteiger partial charge in [-0.2, -0.15) is 0 Å². The van der Waals surface area contributed by atoms with Gasteiger partial charge in [-0.25, -0.2) is 0 Å². The van der Waals surface area contributed by atoms with E-state index in [1.807, 2.05) is 29.2 Å². The van der Waals surface area contributed by atoms with Gasteiger partial charge in [0.2, 0.25) is 5.91 Å². The fraction of sp³-hybridized carbons (Fsp3) is 0.381. The van der Waals surface area contributed by atoms with Crippen LogP contribution in [0.5, 0.6) is 0 Å². The molecule has 3 aliphatic rings. The number of amides is 1. The van der Waals surface area contributed by atoms with Crippen LogP contribution in [0.4, 0.5) is 0 Å². The summed E-state index contributed by atoms with van der Waals surface area (Å²) < 4.78 is 0. The van der Waals surface area contributed by atoms with Gasteiger partial charge in [-0.3, -0.25) is 4.79 Å². The number of hydrogen-bond donors (Lipinski definition) is 1. The molecule has 1 aliphatic heterocycles. The number of carbonyl (C=O) groups excluding carboxylic acids is 1. The lowest BCUT2D eigenvalue weighted by Crippen LogP contribution is -2.49. The number of rotatable bonds is 1. The second kappa shape index (κ2) is 5.72. The van der Waals surface area contributed by atoms with Crippen molar-refractivity contribution in [3.63, 3.8) is 0 Å². The zero-order valence-electron chi connectivity index (χ0n) is 14.2. The summed E-state index contributed by atoms with van der Waals surface area (Å²) in [6, 6.07) is 11.9. The molecule has 0 unspecified atom stereocenters. The summed E-state index contributed by atoms with van der Waals surface area (Å²) in [5.74, 6) is 0.338. The first-order valence-corrected chi connectivity index (χ1v) is 9.83. The Bertz CT molecular complexity index is 865. The third-order valence-corrected chi connectivity index (χ3v) is 6.80. The number of aliphatic hydroxyl groups excluding tert-OH is 1. The molecular weight excluding hydrogens is 369 g/mol. The van der Waals surface area contributed by atoms with Crippen molar-refractivity contribution in [2.75, 3.05) is 13.1 Å². The van der Waals surface area contributed by atoms with Crippen LogP contribution in [0.3, 0.4) is 0 Å². The molecule has 2 aromatic carbocycles. The Labute approximate surface area is 162 Å². The van der Waals surface area contributed by atoms with Crippen molar-refractivity contribution in [3.05, 3.63) is 68.7 Å². The van der Waals surface area contributed by atoms with E-state index in [4.69, 9.17) is 23.2 Å². The van der Waals surface area contributed by atoms with Crippen molar-refractivity contribution >= 4 is 29.1 Å². The SMILES string of the molecule is O=C(N1CCC(O)CC1)C12CC(c3ccc(Cl)cc31)c1ccc(Cl)cc12. The molecule has 1 fully saturated rings. The number of hydrogen-bond acceptors (Lipinski definition) is 2. The van der Waals surface area contributed by atoms with Gasteiger partial charge in [-0.15, -0.1) is 0 Å². The van der Waals surface area contributed by atoms with Crippen LogP contribution >= 0.6 is 23.2 Å². The number of carbonyl (C=O) groups is 1. The van der Waals surface area contributed by atoms with Crippen molar-refractivity contribution in [2.45, 2.75) is 36.7 Å². The van der Waals surface area contributed by atoms with Crippen LogP contribution in [0, 0.1) is 0 Å². The van der Waals surface area contributed by atoms with Crippen molar-refractivity contribution in [1.29, 1.82) is 0 Å². The quantitative estimate of drug-likeness (QED) is 0.799. The van der Waals surface area contributed by atoms with Crippen molar-refractivity contribution in [1.82, 2.24) is 4.90 Å². The van der Waals surface area contributed by atoms with Gasteiger partial charge in [-0.1, -0.05) is 35.3 Å². The first-order chi connectivity index (χ1) is 12.5. The minimum absolute atomic E-state index is 0.122. The van der Waals surface area contributed by atoms with E-state index in [0.717, 1.165) is 17.5 Å². The summed E-state index contributed by atoms with van der Waals surface area (Å²) in [4.78, 5) is 15.7. The summed E-state index contributed by atoms with van der Waals surface area (Å²) in [5, 5.41) is 11.1. The highest BCUT2D eigenvalue weighted by Gasteiger charge is 2.58. The lowest BCUT2D eigenvalue weighted by molar-refractivity contribution is -0.137. The molecule has 2 aromatic rings. The van der Waals surface area contributed by atoms with Crippen molar-refractivity contribution in [3.8, 4) is 0 Å². The molecule has 5 rings (SSSR count). The van der Waals surface area contributed by atoms with Gasteiger partial charge in [0, 0.05) is 29.1 Å². The number of piperidine rings is 1. The van der Waals surface area contributed by atoms with Crippen LogP contribution in [0.1, 0.15) is 47.4 Å². The number of halogens is 2. The lowest BCUT2D eigenvalue weighted by Gasteiger charge is -2.38. The Hall–Kier alpha value is -1.55. The molecule has 134 valence electrons. The number of likely N-dealkylation sites (tertiary alicyclic amines) is 1. The highest BCUT2D eigenvalue weighted by Crippen LogP contribution is 2.61. The molecule has 0 spiro atoms. The van der Waals surface area contributed by atoms with Gasteiger partial charge in [0.1, 0.15) is 5.41 Å². The van der Waals surface area contributed by atoms with E-state index in [0.29, 0.717) is 36.0 Å². The maximum Gasteiger partial charge on any atom is 0.237 e. The van der Waals surface area contributed by atoms with E-state index < -0.39 is 5.41 Å². The largest absolute Gasteiger partial charge is 0.393 e. The van der Waals surface area contributed by atoms with Crippen molar-refractivity contribution < 1.29 is 9.90 Å². The lowest BCUT2D eigenvalue weighted by atomic mass is 9.74. The number of nitrogens with zero attached hydrogens (tertiary/aromatic N) is 1. The zero-order valence-corrected chi connectivity index (χ0v) is 15.7. The molecule has 1 amide bonds. The topological polar surface area (TPSA) is 40.5 Å². The minimum Gasteiger partial charge on any atom is -0.393 e. The van der Waals surface area contributed by atoms with Gasteiger partial charge in [0.25, 0.3) is 0 Å². The van der Waals surface area contributed by atoms with Gasteiger partial charge in [-0.05, 0) is 65.8 Å². The molecular formula is C21H19Cl2NO2. The summed E-state index contributed by atoms with van der Waals surface area (Å²) in [6.45, 7) is 1.19. The fourth-order valence-corrected chi connectivity index (χ4v) is 5.46. The summed E-state index contributed by atoms with van der Waals surface area (Å²) in [5.41, 5.74) is 3.76. The van der Waals surface area contributed by atoms with E-state index in [-0.39, 0.29) is 17.9 Å². The smallest absolute Gasteiger partial charge is 0.237 e. The zero-order chi connectivity index (χ0) is 18.1. The maximum atomic E-state index is 13.8. The molecule has 0 radical (unpaired) electrons. The number of benzene rings is 2.